The quantitative estimate of drug-likeness (QED) is 0.777. The number of carbonyl (C=O) groups is 2. The van der Waals surface area contributed by atoms with Crippen molar-refractivity contribution in [3.63, 3.8) is 0 Å². The number of carbonyl (C=O) groups excluding carboxylic acids is 2. The molecular weight excluding hydrogens is 332 g/mol. The van der Waals surface area contributed by atoms with Gasteiger partial charge in [-0.25, -0.2) is 9.59 Å². The molecule has 0 saturated carbocycles. The minimum Gasteiger partial charge on any atom is -0.495 e. The summed E-state index contributed by atoms with van der Waals surface area (Å²) in [5, 5.41) is 0. The lowest BCUT2D eigenvalue weighted by Gasteiger charge is -2.12. The molecule has 0 bridgehead atoms. The van der Waals surface area contributed by atoms with Gasteiger partial charge in [-0.1, -0.05) is 0 Å². The number of hydrogen-bond acceptors (Lipinski definition) is 6. The highest BCUT2D eigenvalue weighted by Gasteiger charge is 2.31. The number of benzene rings is 1. The second-order valence-corrected chi connectivity index (χ2v) is 4.84. The topological polar surface area (TPSA) is 71.1 Å². The second kappa shape index (κ2) is 6.13. The third kappa shape index (κ3) is 2.87. The maximum Gasteiger partial charge on any atom is 0.347 e. The average Bonchev–Trinajstić information content (AvgIpc) is 2.84. The fraction of sp³-hybridized carbons (Fsp3) is 0.385. The Morgan fingerprint density at radius 3 is 2.35 bits per heavy atom. The van der Waals surface area contributed by atoms with Crippen LogP contribution in [0, 0.1) is 0 Å². The van der Waals surface area contributed by atoms with Crippen LogP contribution in [0.25, 0.3) is 0 Å². The van der Waals surface area contributed by atoms with E-state index in [1.807, 2.05) is 0 Å². The molecule has 1 fully saturated rings. The van der Waals surface area contributed by atoms with Gasteiger partial charge in [-0.05, 0) is 28.1 Å². The monoisotopic (exact) mass is 344 g/mol. The van der Waals surface area contributed by atoms with Gasteiger partial charge >= 0.3 is 11.9 Å². The van der Waals surface area contributed by atoms with E-state index in [-0.39, 0.29) is 12.2 Å². The zero-order valence-electron chi connectivity index (χ0n) is 11.0. The molecule has 1 heterocycles. The molecule has 108 valence electrons. The molecule has 20 heavy (non-hydrogen) atoms. The maximum absolute atomic E-state index is 12.0. The van der Waals surface area contributed by atoms with Gasteiger partial charge in [-0.15, -0.1) is 0 Å². The van der Waals surface area contributed by atoms with Crippen LogP contribution in [0.15, 0.2) is 16.6 Å². The van der Waals surface area contributed by atoms with E-state index in [9.17, 15) is 9.59 Å². The fourth-order valence-corrected chi connectivity index (χ4v) is 2.32. The van der Waals surface area contributed by atoms with Crippen molar-refractivity contribution < 1.29 is 28.5 Å². The molecule has 0 amide bonds. The van der Waals surface area contributed by atoms with Crippen LogP contribution in [-0.2, 0) is 14.3 Å². The third-order valence-electron chi connectivity index (χ3n) is 2.82. The van der Waals surface area contributed by atoms with Crippen LogP contribution in [0.2, 0.25) is 0 Å². The number of hydrogen-bond donors (Lipinski definition) is 0. The molecule has 1 unspecified atom stereocenters. The lowest BCUT2D eigenvalue weighted by Crippen LogP contribution is -2.22. The van der Waals surface area contributed by atoms with Gasteiger partial charge in [-0.3, -0.25) is 0 Å². The zero-order chi connectivity index (χ0) is 14.7. The first-order valence-electron chi connectivity index (χ1n) is 5.86. The Kier molecular flexibility index (Phi) is 4.49. The minimum atomic E-state index is -0.844. The molecule has 1 atom stereocenters. The van der Waals surface area contributed by atoms with Crippen LogP contribution in [0.3, 0.4) is 0 Å². The Labute approximate surface area is 124 Å². The summed E-state index contributed by atoms with van der Waals surface area (Å²) in [5.74, 6) is -0.275. The first kappa shape index (κ1) is 14.6. The van der Waals surface area contributed by atoms with E-state index in [1.54, 1.807) is 0 Å². The number of esters is 2. The van der Waals surface area contributed by atoms with Crippen LogP contribution in [0.1, 0.15) is 16.8 Å². The lowest BCUT2D eigenvalue weighted by molar-refractivity contribution is -0.145. The number of halogens is 1. The molecule has 7 heteroatoms. The van der Waals surface area contributed by atoms with E-state index >= 15 is 0 Å². The summed E-state index contributed by atoms with van der Waals surface area (Å²) in [6.45, 7) is 0.268. The highest BCUT2D eigenvalue weighted by atomic mass is 79.9. The molecule has 1 saturated heterocycles. The predicted octanol–water partition coefficient (Wildman–Crippen LogP) is 1.94. The van der Waals surface area contributed by atoms with Crippen molar-refractivity contribution in [2.45, 2.75) is 12.5 Å². The van der Waals surface area contributed by atoms with Crippen molar-refractivity contribution in [2.24, 2.45) is 0 Å². The molecule has 0 radical (unpaired) electrons. The molecular formula is C13H13BrO6. The van der Waals surface area contributed by atoms with Crippen LogP contribution < -0.4 is 9.47 Å². The minimum absolute atomic E-state index is 0.238. The molecule has 0 aromatic heterocycles. The Morgan fingerprint density at radius 1 is 1.30 bits per heavy atom. The van der Waals surface area contributed by atoms with Gasteiger partial charge < -0.3 is 18.9 Å². The van der Waals surface area contributed by atoms with E-state index in [0.717, 1.165) is 0 Å². The molecule has 2 rings (SSSR count). The smallest absolute Gasteiger partial charge is 0.347 e. The highest BCUT2D eigenvalue weighted by molar-refractivity contribution is 9.10. The van der Waals surface area contributed by atoms with Gasteiger partial charge in [0.1, 0.15) is 16.0 Å². The molecule has 1 aromatic carbocycles. The summed E-state index contributed by atoms with van der Waals surface area (Å²) in [4.78, 5) is 23.3. The lowest BCUT2D eigenvalue weighted by atomic mass is 10.2. The second-order valence-electron chi connectivity index (χ2n) is 4.04. The summed E-state index contributed by atoms with van der Waals surface area (Å²) in [7, 11) is 2.95. The summed E-state index contributed by atoms with van der Waals surface area (Å²) in [6.07, 6.45) is -0.474. The average molecular weight is 345 g/mol. The van der Waals surface area contributed by atoms with Gasteiger partial charge in [0.05, 0.1) is 26.4 Å². The van der Waals surface area contributed by atoms with E-state index in [1.165, 1.54) is 26.4 Å². The van der Waals surface area contributed by atoms with E-state index in [4.69, 9.17) is 18.9 Å². The Balaban J connectivity index is 2.23. The fourth-order valence-electron chi connectivity index (χ4n) is 1.77. The van der Waals surface area contributed by atoms with E-state index < -0.39 is 18.0 Å². The highest BCUT2D eigenvalue weighted by Crippen LogP contribution is 2.35. The van der Waals surface area contributed by atoms with Crippen LogP contribution in [0.4, 0.5) is 0 Å². The summed E-state index contributed by atoms with van der Waals surface area (Å²) in [5.41, 5.74) is 0.238. The van der Waals surface area contributed by atoms with Crippen molar-refractivity contribution in [3.8, 4) is 11.5 Å². The van der Waals surface area contributed by atoms with Gasteiger partial charge in [0.2, 0.25) is 6.10 Å². The van der Waals surface area contributed by atoms with Gasteiger partial charge in [0.25, 0.3) is 0 Å². The SMILES string of the molecule is COc1cc(C(=O)OC2CCOC2=O)cc(OC)c1Br. The number of cyclic esters (lactones) is 1. The Bertz CT molecular complexity index is 517. The maximum atomic E-state index is 12.0. The first-order chi connectivity index (χ1) is 9.56. The molecule has 1 aliphatic rings. The number of ether oxygens (including phenoxy) is 4. The normalized spacial score (nSPS) is 17.6. The largest absolute Gasteiger partial charge is 0.495 e. The first-order valence-corrected chi connectivity index (χ1v) is 6.65. The molecule has 0 N–H and O–H groups in total. The standard InChI is InChI=1S/C13H13BrO6/c1-17-9-5-7(6-10(18-2)11(9)14)12(15)20-8-3-4-19-13(8)16/h5-6,8H,3-4H2,1-2H3. The molecule has 1 aromatic rings. The predicted molar refractivity (Wildman–Crippen MR) is 72.0 cm³/mol. The molecule has 0 spiro atoms. The Hall–Kier alpha value is -1.76. The van der Waals surface area contributed by atoms with Crippen LogP contribution in [-0.4, -0.2) is 38.9 Å². The molecule has 1 aliphatic heterocycles. The summed E-state index contributed by atoms with van der Waals surface area (Å²) < 4.78 is 20.7. The zero-order valence-corrected chi connectivity index (χ0v) is 12.6. The van der Waals surface area contributed by atoms with Gasteiger partial charge in [0.15, 0.2) is 0 Å². The number of methoxy groups -OCH3 is 2. The van der Waals surface area contributed by atoms with E-state index in [0.29, 0.717) is 22.4 Å². The Morgan fingerprint density at radius 2 is 1.90 bits per heavy atom. The van der Waals surface area contributed by atoms with Crippen LogP contribution in [0.5, 0.6) is 11.5 Å². The van der Waals surface area contributed by atoms with Crippen molar-refractivity contribution in [2.75, 3.05) is 20.8 Å². The van der Waals surface area contributed by atoms with Crippen molar-refractivity contribution in [1.29, 1.82) is 0 Å². The van der Waals surface area contributed by atoms with E-state index in [2.05, 4.69) is 15.9 Å². The molecule has 6 nitrogen and oxygen atoms in total. The van der Waals surface area contributed by atoms with Gasteiger partial charge in [0, 0.05) is 6.42 Å². The van der Waals surface area contributed by atoms with Crippen molar-refractivity contribution in [3.05, 3.63) is 22.2 Å². The third-order valence-corrected chi connectivity index (χ3v) is 3.60. The summed E-state index contributed by atoms with van der Waals surface area (Å²) >= 11 is 3.31. The summed E-state index contributed by atoms with van der Waals surface area (Å²) in [6, 6.07) is 3.02. The van der Waals surface area contributed by atoms with Crippen molar-refractivity contribution in [1.82, 2.24) is 0 Å². The number of rotatable bonds is 4. The van der Waals surface area contributed by atoms with Gasteiger partial charge in [-0.2, -0.15) is 0 Å². The van der Waals surface area contributed by atoms with Crippen molar-refractivity contribution >= 4 is 27.9 Å². The molecule has 0 aliphatic carbocycles. The van der Waals surface area contributed by atoms with Crippen LogP contribution >= 0.6 is 15.9 Å².